The van der Waals surface area contributed by atoms with E-state index < -0.39 is 5.97 Å². The second-order valence-electron chi connectivity index (χ2n) is 4.38. The zero-order valence-electron chi connectivity index (χ0n) is 11.3. The van der Waals surface area contributed by atoms with Crippen molar-refractivity contribution in [3.63, 3.8) is 0 Å². The first-order chi connectivity index (χ1) is 9.04. The molecule has 5 heteroatoms. The molecular formula is C14H20N2O3. The molecule has 1 rings (SSSR count). The van der Waals surface area contributed by atoms with Gasteiger partial charge in [0.15, 0.2) is 0 Å². The predicted octanol–water partition coefficient (Wildman–Crippen LogP) is 1.41. The van der Waals surface area contributed by atoms with E-state index in [1.807, 2.05) is 31.2 Å². The summed E-state index contributed by atoms with van der Waals surface area (Å²) in [6.07, 6.45) is 0.295. The summed E-state index contributed by atoms with van der Waals surface area (Å²) in [4.78, 5) is 24.3. The lowest BCUT2D eigenvalue weighted by Crippen LogP contribution is -2.34. The molecule has 0 aliphatic heterocycles. The summed E-state index contributed by atoms with van der Waals surface area (Å²) in [6, 6.07) is 7.51. The van der Waals surface area contributed by atoms with Crippen LogP contribution in [0.15, 0.2) is 24.3 Å². The second kappa shape index (κ2) is 7.53. The summed E-state index contributed by atoms with van der Waals surface area (Å²) in [6.45, 7) is 2.74. The normalized spacial score (nSPS) is 10.2. The highest BCUT2D eigenvalue weighted by atomic mass is 16.4. The summed E-state index contributed by atoms with van der Waals surface area (Å²) >= 11 is 0. The van der Waals surface area contributed by atoms with Gasteiger partial charge >= 0.3 is 5.97 Å². The predicted molar refractivity (Wildman–Crippen MR) is 74.3 cm³/mol. The fraction of sp³-hybridized carbons (Fsp3) is 0.429. The number of nitrogens with zero attached hydrogens (tertiary/aromatic N) is 1. The summed E-state index contributed by atoms with van der Waals surface area (Å²) in [5.74, 6) is -0.974. The van der Waals surface area contributed by atoms with Crippen LogP contribution < -0.4 is 10.2 Å². The molecule has 0 heterocycles. The molecule has 0 radical (unpaired) electrons. The van der Waals surface area contributed by atoms with Gasteiger partial charge in [-0.05, 0) is 26.1 Å². The molecule has 0 saturated heterocycles. The first-order valence-corrected chi connectivity index (χ1v) is 6.28. The molecule has 2 N–H and O–H groups in total. The smallest absolute Gasteiger partial charge is 0.305 e. The molecule has 0 bridgehead atoms. The van der Waals surface area contributed by atoms with Gasteiger partial charge in [-0.15, -0.1) is 0 Å². The molecule has 19 heavy (non-hydrogen) atoms. The third-order valence-corrected chi connectivity index (χ3v) is 2.78. The van der Waals surface area contributed by atoms with Gasteiger partial charge in [0.05, 0.1) is 6.42 Å². The number of amides is 1. The average Bonchev–Trinajstić information content (AvgIpc) is 2.38. The Hall–Kier alpha value is -1.88. The Morgan fingerprint density at radius 1 is 1.21 bits per heavy atom. The average molecular weight is 264 g/mol. The summed E-state index contributed by atoms with van der Waals surface area (Å²) in [5, 5.41) is 11.7. The van der Waals surface area contributed by atoms with Gasteiger partial charge in [0.1, 0.15) is 0 Å². The third kappa shape index (κ3) is 5.09. The Bertz CT molecular complexity index is 429. The van der Waals surface area contributed by atoms with Crippen LogP contribution in [-0.2, 0) is 9.59 Å². The van der Waals surface area contributed by atoms with E-state index in [0.717, 1.165) is 11.3 Å². The minimum Gasteiger partial charge on any atom is -0.481 e. The van der Waals surface area contributed by atoms with Crippen molar-refractivity contribution in [2.75, 3.05) is 25.0 Å². The Labute approximate surface area is 113 Å². The van der Waals surface area contributed by atoms with Gasteiger partial charge < -0.3 is 15.3 Å². The van der Waals surface area contributed by atoms with Gasteiger partial charge in [0, 0.05) is 25.2 Å². The highest BCUT2D eigenvalue weighted by molar-refractivity contribution is 5.93. The van der Waals surface area contributed by atoms with Crippen LogP contribution >= 0.6 is 0 Å². The van der Waals surface area contributed by atoms with Crippen LogP contribution in [-0.4, -0.2) is 37.1 Å². The molecule has 1 aromatic rings. The van der Waals surface area contributed by atoms with E-state index in [1.165, 1.54) is 4.90 Å². The van der Waals surface area contributed by atoms with E-state index in [9.17, 15) is 9.59 Å². The fourth-order valence-electron chi connectivity index (χ4n) is 1.70. The Morgan fingerprint density at radius 3 is 2.37 bits per heavy atom. The molecule has 1 amide bonds. The second-order valence-corrected chi connectivity index (χ2v) is 4.38. The monoisotopic (exact) mass is 264 g/mol. The van der Waals surface area contributed by atoms with Gasteiger partial charge in [-0.2, -0.15) is 0 Å². The highest BCUT2D eigenvalue weighted by Gasteiger charge is 2.16. The van der Waals surface area contributed by atoms with Crippen molar-refractivity contribution in [1.82, 2.24) is 5.32 Å². The molecule has 0 unspecified atom stereocenters. The molecule has 0 aliphatic carbocycles. The zero-order chi connectivity index (χ0) is 14.3. The lowest BCUT2D eigenvalue weighted by atomic mass is 10.2. The van der Waals surface area contributed by atoms with Gasteiger partial charge in [-0.3, -0.25) is 9.59 Å². The minimum absolute atomic E-state index is 0.0564. The molecular weight excluding hydrogens is 244 g/mol. The summed E-state index contributed by atoms with van der Waals surface area (Å²) in [5.41, 5.74) is 1.84. The minimum atomic E-state index is -0.904. The van der Waals surface area contributed by atoms with Gasteiger partial charge in [0.25, 0.3) is 0 Å². The molecule has 0 saturated carbocycles. The number of hydrogen-bond donors (Lipinski definition) is 2. The quantitative estimate of drug-likeness (QED) is 0.781. The van der Waals surface area contributed by atoms with E-state index in [2.05, 4.69) is 5.32 Å². The van der Waals surface area contributed by atoms with Crippen LogP contribution in [0.5, 0.6) is 0 Å². The number of rotatable bonds is 7. The third-order valence-electron chi connectivity index (χ3n) is 2.78. The molecule has 0 spiro atoms. The number of carbonyl (C=O) groups is 2. The summed E-state index contributed by atoms with van der Waals surface area (Å²) in [7, 11) is 1.78. The zero-order valence-corrected chi connectivity index (χ0v) is 11.3. The molecule has 104 valence electrons. The lowest BCUT2D eigenvalue weighted by molar-refractivity contribution is -0.136. The van der Waals surface area contributed by atoms with Crippen LogP contribution in [0.3, 0.4) is 0 Å². The lowest BCUT2D eigenvalue weighted by Gasteiger charge is -2.22. The maximum atomic E-state index is 12.1. The van der Waals surface area contributed by atoms with Crippen LogP contribution in [0.1, 0.15) is 18.4 Å². The largest absolute Gasteiger partial charge is 0.481 e. The standard InChI is InChI=1S/C14H20N2O3/c1-11-3-5-12(6-4-11)16(10-8-14(18)19)13(17)7-9-15-2/h3-6,15H,7-10H2,1-2H3,(H,18,19). The number of carboxylic acid groups (broad SMARTS) is 1. The van der Waals surface area contributed by atoms with E-state index in [0.29, 0.717) is 13.0 Å². The van der Waals surface area contributed by atoms with Crippen LogP contribution in [0.2, 0.25) is 0 Å². The molecule has 5 nitrogen and oxygen atoms in total. The van der Waals surface area contributed by atoms with Crippen molar-refractivity contribution in [1.29, 1.82) is 0 Å². The number of hydrogen-bond acceptors (Lipinski definition) is 3. The molecule has 0 aliphatic rings. The van der Waals surface area contributed by atoms with Crippen molar-refractivity contribution in [2.45, 2.75) is 19.8 Å². The van der Waals surface area contributed by atoms with Crippen LogP contribution in [0.4, 0.5) is 5.69 Å². The molecule has 1 aromatic carbocycles. The van der Waals surface area contributed by atoms with Crippen molar-refractivity contribution in [2.24, 2.45) is 0 Å². The van der Waals surface area contributed by atoms with Crippen molar-refractivity contribution in [3.05, 3.63) is 29.8 Å². The Balaban J connectivity index is 2.81. The molecule has 0 aromatic heterocycles. The fourth-order valence-corrected chi connectivity index (χ4v) is 1.70. The number of carboxylic acids is 1. The van der Waals surface area contributed by atoms with Crippen LogP contribution in [0.25, 0.3) is 0 Å². The number of nitrogens with one attached hydrogen (secondary N) is 1. The number of anilines is 1. The van der Waals surface area contributed by atoms with E-state index in [4.69, 9.17) is 5.11 Å². The molecule has 0 fully saturated rings. The van der Waals surface area contributed by atoms with Gasteiger partial charge in [-0.1, -0.05) is 17.7 Å². The van der Waals surface area contributed by atoms with Crippen LogP contribution in [0, 0.1) is 6.92 Å². The number of carbonyl (C=O) groups excluding carboxylic acids is 1. The number of aryl methyl sites for hydroxylation is 1. The summed E-state index contributed by atoms with van der Waals surface area (Å²) < 4.78 is 0. The number of aliphatic carboxylic acids is 1. The maximum Gasteiger partial charge on any atom is 0.305 e. The van der Waals surface area contributed by atoms with Crippen molar-refractivity contribution >= 4 is 17.6 Å². The van der Waals surface area contributed by atoms with E-state index in [-0.39, 0.29) is 18.9 Å². The highest BCUT2D eigenvalue weighted by Crippen LogP contribution is 2.16. The topological polar surface area (TPSA) is 69.6 Å². The Morgan fingerprint density at radius 2 is 1.84 bits per heavy atom. The first-order valence-electron chi connectivity index (χ1n) is 6.28. The van der Waals surface area contributed by atoms with Crippen molar-refractivity contribution < 1.29 is 14.7 Å². The SMILES string of the molecule is CNCCC(=O)N(CCC(=O)O)c1ccc(C)cc1. The maximum absolute atomic E-state index is 12.1. The Kier molecular flexibility index (Phi) is 6.02. The van der Waals surface area contributed by atoms with Crippen molar-refractivity contribution in [3.8, 4) is 0 Å². The molecule has 0 atom stereocenters. The first kappa shape index (κ1) is 15.2. The van der Waals surface area contributed by atoms with Gasteiger partial charge in [0.2, 0.25) is 5.91 Å². The number of benzene rings is 1. The van der Waals surface area contributed by atoms with Gasteiger partial charge in [-0.25, -0.2) is 0 Å². The van der Waals surface area contributed by atoms with E-state index >= 15 is 0 Å². The van der Waals surface area contributed by atoms with E-state index in [1.54, 1.807) is 7.05 Å².